The van der Waals surface area contributed by atoms with E-state index in [-0.39, 0.29) is 17.2 Å². The van der Waals surface area contributed by atoms with Gasteiger partial charge >= 0.3 is 0 Å². The summed E-state index contributed by atoms with van der Waals surface area (Å²) in [6.07, 6.45) is 0. The van der Waals surface area contributed by atoms with Crippen molar-refractivity contribution in [1.29, 1.82) is 0 Å². The predicted molar refractivity (Wildman–Crippen MR) is 66.0 cm³/mol. The van der Waals surface area contributed by atoms with E-state index in [9.17, 15) is 15.3 Å². The average Bonchev–Trinajstić information content (AvgIpc) is 2.28. The second kappa shape index (κ2) is 4.22. The first-order valence-electron chi connectivity index (χ1n) is 5.08. The average molecular weight is 228 g/mol. The molecule has 86 valence electrons. The SMILES string of the molecule is C=C(c1ccc(O)cc1)c1cc(O)cc(O)c1. The molecular formula is C14H12O3. The molecule has 0 atom stereocenters. The molecule has 3 heteroatoms. The van der Waals surface area contributed by atoms with E-state index in [1.807, 2.05) is 0 Å². The quantitative estimate of drug-likeness (QED) is 0.740. The summed E-state index contributed by atoms with van der Waals surface area (Å²) in [7, 11) is 0. The third-order valence-corrected chi connectivity index (χ3v) is 2.47. The molecule has 0 radical (unpaired) electrons. The van der Waals surface area contributed by atoms with Crippen LogP contribution in [0.25, 0.3) is 5.57 Å². The molecular weight excluding hydrogens is 216 g/mol. The van der Waals surface area contributed by atoms with E-state index in [4.69, 9.17) is 0 Å². The van der Waals surface area contributed by atoms with Gasteiger partial charge in [-0.1, -0.05) is 18.7 Å². The lowest BCUT2D eigenvalue weighted by Crippen LogP contribution is -1.85. The smallest absolute Gasteiger partial charge is 0.119 e. The van der Waals surface area contributed by atoms with E-state index in [0.717, 1.165) is 5.56 Å². The Morgan fingerprint density at radius 2 is 1.24 bits per heavy atom. The molecule has 2 aromatic rings. The standard InChI is InChI=1S/C14H12O3/c1-9(10-2-4-12(15)5-3-10)11-6-13(16)8-14(17)7-11/h2-8,15-17H,1H2. The first-order valence-corrected chi connectivity index (χ1v) is 5.08. The van der Waals surface area contributed by atoms with Crippen LogP contribution in [0.5, 0.6) is 17.2 Å². The Morgan fingerprint density at radius 1 is 0.706 bits per heavy atom. The zero-order valence-electron chi connectivity index (χ0n) is 9.09. The normalized spacial score (nSPS) is 10.1. The largest absolute Gasteiger partial charge is 0.508 e. The molecule has 2 aromatic carbocycles. The van der Waals surface area contributed by atoms with E-state index in [0.29, 0.717) is 11.1 Å². The Labute approximate surface area is 98.9 Å². The second-order valence-electron chi connectivity index (χ2n) is 3.76. The van der Waals surface area contributed by atoms with Gasteiger partial charge in [0.2, 0.25) is 0 Å². The van der Waals surface area contributed by atoms with Crippen molar-refractivity contribution in [2.24, 2.45) is 0 Å². The van der Waals surface area contributed by atoms with Crippen LogP contribution < -0.4 is 0 Å². The van der Waals surface area contributed by atoms with E-state index in [1.54, 1.807) is 24.3 Å². The highest BCUT2D eigenvalue weighted by molar-refractivity contribution is 5.79. The van der Waals surface area contributed by atoms with E-state index in [1.165, 1.54) is 18.2 Å². The summed E-state index contributed by atoms with van der Waals surface area (Å²) < 4.78 is 0. The van der Waals surface area contributed by atoms with Crippen molar-refractivity contribution in [3.05, 3.63) is 60.2 Å². The third-order valence-electron chi connectivity index (χ3n) is 2.47. The molecule has 0 unspecified atom stereocenters. The van der Waals surface area contributed by atoms with E-state index >= 15 is 0 Å². The van der Waals surface area contributed by atoms with Gasteiger partial charge in [0, 0.05) is 6.07 Å². The Kier molecular flexibility index (Phi) is 2.75. The number of hydrogen-bond donors (Lipinski definition) is 3. The molecule has 17 heavy (non-hydrogen) atoms. The van der Waals surface area contributed by atoms with Crippen molar-refractivity contribution >= 4 is 5.57 Å². The van der Waals surface area contributed by atoms with Crippen molar-refractivity contribution in [3.8, 4) is 17.2 Å². The highest BCUT2D eigenvalue weighted by Crippen LogP contribution is 2.29. The molecule has 0 saturated carbocycles. The highest BCUT2D eigenvalue weighted by Gasteiger charge is 2.05. The van der Waals surface area contributed by atoms with Gasteiger partial charge in [-0.3, -0.25) is 0 Å². The summed E-state index contributed by atoms with van der Waals surface area (Å²) in [5.74, 6) is 0.153. The minimum absolute atomic E-state index is 0.0140. The van der Waals surface area contributed by atoms with Crippen LogP contribution in [-0.2, 0) is 0 Å². The molecule has 3 N–H and O–H groups in total. The van der Waals surface area contributed by atoms with Crippen molar-refractivity contribution in [1.82, 2.24) is 0 Å². The maximum Gasteiger partial charge on any atom is 0.119 e. The fourth-order valence-electron chi connectivity index (χ4n) is 1.60. The van der Waals surface area contributed by atoms with Crippen LogP contribution in [-0.4, -0.2) is 15.3 Å². The van der Waals surface area contributed by atoms with E-state index in [2.05, 4.69) is 6.58 Å². The number of rotatable bonds is 2. The summed E-state index contributed by atoms with van der Waals surface area (Å²) in [6, 6.07) is 10.9. The van der Waals surface area contributed by atoms with Gasteiger partial charge in [0.25, 0.3) is 0 Å². The van der Waals surface area contributed by atoms with Gasteiger partial charge in [-0.2, -0.15) is 0 Å². The maximum atomic E-state index is 9.39. The summed E-state index contributed by atoms with van der Waals surface area (Å²) in [5, 5.41) is 28.0. The van der Waals surface area contributed by atoms with Crippen molar-refractivity contribution in [2.45, 2.75) is 0 Å². The lowest BCUT2D eigenvalue weighted by molar-refractivity contribution is 0.450. The molecule has 0 aromatic heterocycles. The van der Waals surface area contributed by atoms with Crippen LogP contribution in [0.1, 0.15) is 11.1 Å². The van der Waals surface area contributed by atoms with Crippen molar-refractivity contribution in [2.75, 3.05) is 0 Å². The Hall–Kier alpha value is -2.42. The molecule has 0 saturated heterocycles. The molecule has 0 aliphatic carbocycles. The first kappa shape index (κ1) is 11.1. The summed E-state index contributed by atoms with van der Waals surface area (Å²) in [4.78, 5) is 0. The number of phenolic OH excluding ortho intramolecular Hbond substituents is 3. The van der Waals surface area contributed by atoms with Crippen LogP contribution in [0.15, 0.2) is 49.0 Å². The van der Waals surface area contributed by atoms with Gasteiger partial charge in [-0.25, -0.2) is 0 Å². The van der Waals surface area contributed by atoms with Gasteiger partial charge < -0.3 is 15.3 Å². The van der Waals surface area contributed by atoms with E-state index < -0.39 is 0 Å². The molecule has 0 aliphatic heterocycles. The van der Waals surface area contributed by atoms with Crippen LogP contribution in [0, 0.1) is 0 Å². The molecule has 3 nitrogen and oxygen atoms in total. The molecule has 2 rings (SSSR count). The molecule has 0 heterocycles. The topological polar surface area (TPSA) is 60.7 Å². The minimum atomic E-state index is -0.0140. The van der Waals surface area contributed by atoms with Crippen LogP contribution in [0.4, 0.5) is 0 Å². The van der Waals surface area contributed by atoms with Crippen LogP contribution >= 0.6 is 0 Å². The number of benzene rings is 2. The summed E-state index contributed by atoms with van der Waals surface area (Å²) >= 11 is 0. The van der Waals surface area contributed by atoms with Crippen molar-refractivity contribution in [3.63, 3.8) is 0 Å². The highest BCUT2D eigenvalue weighted by atomic mass is 16.3. The van der Waals surface area contributed by atoms with Crippen LogP contribution in [0.3, 0.4) is 0 Å². The fraction of sp³-hybridized carbons (Fsp3) is 0. The van der Waals surface area contributed by atoms with Crippen LogP contribution in [0.2, 0.25) is 0 Å². The van der Waals surface area contributed by atoms with Gasteiger partial charge in [-0.15, -0.1) is 0 Å². The Morgan fingerprint density at radius 3 is 1.76 bits per heavy atom. The Bertz CT molecular complexity index is 536. The van der Waals surface area contributed by atoms with Crippen molar-refractivity contribution < 1.29 is 15.3 Å². The molecule has 0 aliphatic rings. The number of phenols is 3. The second-order valence-corrected chi connectivity index (χ2v) is 3.76. The third kappa shape index (κ3) is 2.39. The van der Waals surface area contributed by atoms with Gasteiger partial charge in [0.05, 0.1) is 0 Å². The molecule has 0 bridgehead atoms. The molecule has 0 amide bonds. The summed E-state index contributed by atoms with van der Waals surface area (Å²) in [5.41, 5.74) is 2.11. The number of hydrogen-bond acceptors (Lipinski definition) is 3. The zero-order chi connectivity index (χ0) is 12.4. The monoisotopic (exact) mass is 228 g/mol. The zero-order valence-corrected chi connectivity index (χ0v) is 9.09. The Balaban J connectivity index is 2.40. The lowest BCUT2D eigenvalue weighted by Gasteiger charge is -2.07. The molecule has 0 fully saturated rings. The predicted octanol–water partition coefficient (Wildman–Crippen LogP) is 2.86. The number of aromatic hydroxyl groups is 3. The van der Waals surface area contributed by atoms with Gasteiger partial charge in [0.1, 0.15) is 17.2 Å². The van der Waals surface area contributed by atoms with Gasteiger partial charge in [-0.05, 0) is 41.0 Å². The minimum Gasteiger partial charge on any atom is -0.508 e. The first-order chi connectivity index (χ1) is 8.06. The molecule has 0 spiro atoms. The van der Waals surface area contributed by atoms with Gasteiger partial charge in [0.15, 0.2) is 0 Å². The fourth-order valence-corrected chi connectivity index (χ4v) is 1.60. The maximum absolute atomic E-state index is 9.39. The lowest BCUT2D eigenvalue weighted by atomic mass is 9.99. The summed E-state index contributed by atoms with van der Waals surface area (Å²) in [6.45, 7) is 3.90.